The summed E-state index contributed by atoms with van der Waals surface area (Å²) in [6.45, 7) is 9.94. The Morgan fingerprint density at radius 2 is 2.00 bits per heavy atom. The fraction of sp³-hybridized carbons (Fsp3) is 0.778. The van der Waals surface area contributed by atoms with Crippen LogP contribution in [0.4, 0.5) is 0 Å². The average Bonchev–Trinajstić information content (AvgIpc) is 2.86. The van der Waals surface area contributed by atoms with Crippen LogP contribution in [0.15, 0.2) is 10.5 Å². The van der Waals surface area contributed by atoms with Crippen LogP contribution in [-0.4, -0.2) is 30.6 Å². The Balaban J connectivity index is 1.66. The Bertz CT molecular complexity index is 462. The van der Waals surface area contributed by atoms with Crippen LogP contribution in [0.5, 0.6) is 0 Å². The smallest absolute Gasteiger partial charge is 0.105 e. The minimum atomic E-state index is 0.468. The minimum absolute atomic E-state index is 0.468. The van der Waals surface area contributed by atoms with Crippen molar-refractivity contribution in [2.45, 2.75) is 65.0 Å². The number of hydrogen-bond donors (Lipinski definition) is 1. The van der Waals surface area contributed by atoms with Gasteiger partial charge in [-0.3, -0.25) is 4.90 Å². The third-order valence-electron chi connectivity index (χ3n) is 5.53. The molecule has 3 rings (SSSR count). The molecule has 0 amide bonds. The first-order chi connectivity index (χ1) is 10.1. The number of furan rings is 1. The molecule has 1 N–H and O–H groups in total. The number of hydrogen-bond acceptors (Lipinski definition) is 3. The highest BCUT2D eigenvalue weighted by Gasteiger charge is 2.30. The lowest BCUT2D eigenvalue weighted by molar-refractivity contribution is 0.114. The van der Waals surface area contributed by atoms with Gasteiger partial charge < -0.3 is 9.73 Å². The van der Waals surface area contributed by atoms with E-state index < -0.39 is 0 Å². The molecule has 0 bridgehead atoms. The molecular formula is C18H30N2O. The van der Waals surface area contributed by atoms with Gasteiger partial charge in [0.15, 0.2) is 0 Å². The van der Waals surface area contributed by atoms with E-state index in [4.69, 9.17) is 4.42 Å². The predicted molar refractivity (Wildman–Crippen MR) is 86.5 cm³/mol. The SMILES string of the molecule is Cc1cc(C(C)N2CCNC(C3CCCCC3)C2)c(C)o1. The predicted octanol–water partition coefficient (Wildman–Crippen LogP) is 3.81. The minimum Gasteiger partial charge on any atom is -0.466 e. The summed E-state index contributed by atoms with van der Waals surface area (Å²) in [5.41, 5.74) is 1.37. The van der Waals surface area contributed by atoms with Crippen molar-refractivity contribution in [2.24, 2.45) is 5.92 Å². The van der Waals surface area contributed by atoms with Gasteiger partial charge in [0.25, 0.3) is 0 Å². The molecule has 118 valence electrons. The zero-order valence-electron chi connectivity index (χ0n) is 13.8. The molecule has 21 heavy (non-hydrogen) atoms. The number of rotatable bonds is 3. The first-order valence-electron chi connectivity index (χ1n) is 8.69. The first kappa shape index (κ1) is 15.1. The van der Waals surface area contributed by atoms with Crippen molar-refractivity contribution >= 4 is 0 Å². The molecule has 3 nitrogen and oxygen atoms in total. The molecule has 0 spiro atoms. The van der Waals surface area contributed by atoms with Crippen molar-refractivity contribution in [2.75, 3.05) is 19.6 Å². The van der Waals surface area contributed by atoms with Crippen LogP contribution in [0.2, 0.25) is 0 Å². The van der Waals surface area contributed by atoms with E-state index in [9.17, 15) is 0 Å². The van der Waals surface area contributed by atoms with Crippen LogP contribution in [0, 0.1) is 19.8 Å². The molecule has 1 aliphatic carbocycles. The van der Waals surface area contributed by atoms with Crippen LogP contribution in [0.25, 0.3) is 0 Å². The highest BCUT2D eigenvalue weighted by Crippen LogP contribution is 2.31. The molecule has 2 unspecified atom stereocenters. The van der Waals surface area contributed by atoms with E-state index in [2.05, 4.69) is 30.1 Å². The van der Waals surface area contributed by atoms with Gasteiger partial charge in [-0.05, 0) is 45.6 Å². The maximum absolute atomic E-state index is 5.73. The van der Waals surface area contributed by atoms with E-state index in [1.54, 1.807) is 0 Å². The molecule has 2 aliphatic rings. The van der Waals surface area contributed by atoms with Gasteiger partial charge in [0.2, 0.25) is 0 Å². The average molecular weight is 290 g/mol. The standard InChI is InChI=1S/C18H30N2O/c1-13-11-17(15(3)21-13)14(2)20-10-9-19-18(12-20)16-7-5-4-6-8-16/h11,14,16,18-19H,4-10,12H2,1-3H3. The largest absolute Gasteiger partial charge is 0.466 e. The van der Waals surface area contributed by atoms with Gasteiger partial charge in [-0.2, -0.15) is 0 Å². The lowest BCUT2D eigenvalue weighted by atomic mass is 9.83. The van der Waals surface area contributed by atoms with E-state index in [0.29, 0.717) is 12.1 Å². The van der Waals surface area contributed by atoms with E-state index in [-0.39, 0.29) is 0 Å². The Morgan fingerprint density at radius 1 is 1.24 bits per heavy atom. The molecule has 0 radical (unpaired) electrons. The fourth-order valence-electron chi connectivity index (χ4n) is 4.27. The molecule has 0 aromatic carbocycles. The molecule has 1 aliphatic heterocycles. The molecule has 3 heteroatoms. The van der Waals surface area contributed by atoms with Gasteiger partial charge in [0, 0.05) is 37.3 Å². The van der Waals surface area contributed by atoms with E-state index in [1.807, 2.05) is 6.92 Å². The van der Waals surface area contributed by atoms with Crippen LogP contribution < -0.4 is 5.32 Å². The third-order valence-corrected chi connectivity index (χ3v) is 5.53. The van der Waals surface area contributed by atoms with Gasteiger partial charge >= 0.3 is 0 Å². The molecule has 2 heterocycles. The van der Waals surface area contributed by atoms with Gasteiger partial charge in [-0.15, -0.1) is 0 Å². The number of nitrogens with one attached hydrogen (secondary N) is 1. The van der Waals surface area contributed by atoms with Crippen molar-refractivity contribution in [3.05, 3.63) is 23.2 Å². The molecule has 1 saturated heterocycles. The Kier molecular flexibility index (Phi) is 4.70. The molecule has 1 aromatic heterocycles. The maximum atomic E-state index is 5.73. The van der Waals surface area contributed by atoms with E-state index in [0.717, 1.165) is 30.5 Å². The summed E-state index contributed by atoms with van der Waals surface area (Å²) in [4.78, 5) is 2.65. The lowest BCUT2D eigenvalue weighted by Gasteiger charge is -2.41. The van der Waals surface area contributed by atoms with Crippen LogP contribution in [0.3, 0.4) is 0 Å². The second-order valence-corrected chi connectivity index (χ2v) is 7.00. The Labute approximate surface area is 129 Å². The lowest BCUT2D eigenvalue weighted by Crippen LogP contribution is -2.54. The number of nitrogens with zero attached hydrogens (tertiary/aromatic N) is 1. The molecule has 1 aromatic rings. The summed E-state index contributed by atoms with van der Waals surface area (Å²) in [5, 5.41) is 3.78. The quantitative estimate of drug-likeness (QED) is 0.917. The van der Waals surface area contributed by atoms with Crippen molar-refractivity contribution in [1.82, 2.24) is 10.2 Å². The highest BCUT2D eigenvalue weighted by atomic mass is 16.3. The van der Waals surface area contributed by atoms with Crippen molar-refractivity contribution in [3.8, 4) is 0 Å². The molecular weight excluding hydrogens is 260 g/mol. The highest BCUT2D eigenvalue weighted by molar-refractivity contribution is 5.23. The van der Waals surface area contributed by atoms with Gasteiger partial charge in [-0.25, -0.2) is 0 Å². The third kappa shape index (κ3) is 3.35. The molecule has 1 saturated carbocycles. The monoisotopic (exact) mass is 290 g/mol. The van der Waals surface area contributed by atoms with Crippen LogP contribution in [0.1, 0.15) is 62.2 Å². The van der Waals surface area contributed by atoms with Crippen LogP contribution in [-0.2, 0) is 0 Å². The summed E-state index contributed by atoms with van der Waals surface area (Å²) in [6.07, 6.45) is 7.14. The summed E-state index contributed by atoms with van der Waals surface area (Å²) in [7, 11) is 0. The van der Waals surface area contributed by atoms with E-state index in [1.165, 1.54) is 44.2 Å². The maximum Gasteiger partial charge on any atom is 0.105 e. The van der Waals surface area contributed by atoms with Gasteiger partial charge in [-0.1, -0.05) is 19.3 Å². The summed E-state index contributed by atoms with van der Waals surface area (Å²) in [6, 6.07) is 3.38. The van der Waals surface area contributed by atoms with Crippen molar-refractivity contribution in [1.29, 1.82) is 0 Å². The normalized spacial score (nSPS) is 26.9. The zero-order chi connectivity index (χ0) is 14.8. The Hall–Kier alpha value is -0.800. The Morgan fingerprint density at radius 3 is 2.67 bits per heavy atom. The zero-order valence-corrected chi connectivity index (χ0v) is 13.8. The summed E-state index contributed by atoms with van der Waals surface area (Å²) >= 11 is 0. The molecule has 2 atom stereocenters. The van der Waals surface area contributed by atoms with Gasteiger partial charge in [0.1, 0.15) is 11.5 Å². The van der Waals surface area contributed by atoms with E-state index >= 15 is 0 Å². The van der Waals surface area contributed by atoms with Crippen molar-refractivity contribution < 1.29 is 4.42 Å². The van der Waals surface area contributed by atoms with Gasteiger partial charge in [0.05, 0.1) is 0 Å². The number of aryl methyl sites for hydroxylation is 2. The second kappa shape index (κ2) is 6.53. The summed E-state index contributed by atoms with van der Waals surface area (Å²) in [5.74, 6) is 3.02. The molecule has 2 fully saturated rings. The second-order valence-electron chi connectivity index (χ2n) is 7.00. The topological polar surface area (TPSA) is 28.4 Å². The summed E-state index contributed by atoms with van der Waals surface area (Å²) < 4.78 is 5.73. The fourth-order valence-corrected chi connectivity index (χ4v) is 4.27. The first-order valence-corrected chi connectivity index (χ1v) is 8.69. The van der Waals surface area contributed by atoms with Crippen LogP contribution >= 0.6 is 0 Å². The number of piperazine rings is 1. The van der Waals surface area contributed by atoms with Crippen molar-refractivity contribution in [3.63, 3.8) is 0 Å².